The van der Waals surface area contributed by atoms with Gasteiger partial charge in [0, 0.05) is 48.2 Å². The highest BCUT2D eigenvalue weighted by atomic mass is 19.1. The van der Waals surface area contributed by atoms with Crippen LogP contribution in [0, 0.1) is 17.1 Å². The lowest BCUT2D eigenvalue weighted by atomic mass is 10.0. The largest absolute Gasteiger partial charge is 0.497 e. The molecule has 4 rings (SSSR count). The lowest BCUT2D eigenvalue weighted by Gasteiger charge is -2.26. The van der Waals surface area contributed by atoms with Crippen LogP contribution in [0.4, 0.5) is 10.1 Å². The van der Waals surface area contributed by atoms with Crippen LogP contribution < -0.4 is 10.1 Å². The fraction of sp³-hybridized carbons (Fsp3) is 0.174. The number of nitrogens with one attached hydrogen (secondary N) is 2. The zero-order valence-corrected chi connectivity index (χ0v) is 16.9. The number of benzene rings is 2. The molecule has 156 valence electrons. The fourth-order valence-electron chi connectivity index (χ4n) is 3.47. The van der Waals surface area contributed by atoms with Gasteiger partial charge >= 0.3 is 0 Å². The van der Waals surface area contributed by atoms with Crippen LogP contribution in [0.1, 0.15) is 11.3 Å². The molecule has 8 heteroatoms. The number of hydrogen-bond donors (Lipinski definition) is 2. The molecule has 7 nitrogen and oxygen atoms in total. The number of rotatable bonds is 5. The molecule has 1 aromatic heterocycles. The van der Waals surface area contributed by atoms with Gasteiger partial charge in [-0.1, -0.05) is 0 Å². The molecule has 31 heavy (non-hydrogen) atoms. The number of carbonyl (C=O) groups excluding carboxylic acids is 1. The summed E-state index contributed by atoms with van der Waals surface area (Å²) in [7, 11) is 1.57. The van der Waals surface area contributed by atoms with Crippen LogP contribution in [0.2, 0.25) is 0 Å². The molecular weight excluding hydrogens is 397 g/mol. The van der Waals surface area contributed by atoms with Crippen LogP contribution in [0.25, 0.3) is 11.3 Å². The van der Waals surface area contributed by atoms with Crippen LogP contribution in [0.15, 0.2) is 60.3 Å². The highest BCUT2D eigenvalue weighted by Crippen LogP contribution is 2.29. The molecule has 3 aromatic rings. The van der Waals surface area contributed by atoms with Gasteiger partial charge in [-0.2, -0.15) is 10.4 Å². The molecule has 2 aromatic carbocycles. The molecule has 0 radical (unpaired) electrons. The van der Waals surface area contributed by atoms with Gasteiger partial charge in [-0.05, 0) is 48.5 Å². The number of anilines is 1. The number of carbonyl (C=O) groups is 1. The number of methoxy groups -OCH3 is 1. The summed E-state index contributed by atoms with van der Waals surface area (Å²) in [5.74, 6) is -0.112. The van der Waals surface area contributed by atoms with E-state index in [1.54, 1.807) is 49.7 Å². The third-order valence-corrected chi connectivity index (χ3v) is 5.11. The van der Waals surface area contributed by atoms with Crippen molar-refractivity contribution in [1.29, 1.82) is 5.26 Å². The standard InChI is InChI=1S/C23H20FN5O2/c1-31-19-8-6-18(7-9-19)26-23(30)16(12-25)13-29-11-10-21-20(14-29)22(28-27-21)15-2-4-17(24)5-3-15/h2-9,13H,10-11,14H2,1H3,(H,26,30)(H,27,28)/b16-13-. The van der Waals surface area contributed by atoms with Gasteiger partial charge in [0.2, 0.25) is 0 Å². The fourth-order valence-corrected chi connectivity index (χ4v) is 3.47. The second-order valence-electron chi connectivity index (χ2n) is 7.09. The van der Waals surface area contributed by atoms with E-state index in [1.165, 1.54) is 12.1 Å². The van der Waals surface area contributed by atoms with Gasteiger partial charge in [0.25, 0.3) is 5.91 Å². The number of H-pyrrole nitrogens is 1. The maximum absolute atomic E-state index is 13.3. The number of amides is 1. The average Bonchev–Trinajstić information content (AvgIpc) is 3.21. The van der Waals surface area contributed by atoms with E-state index in [-0.39, 0.29) is 11.4 Å². The molecule has 1 aliphatic heterocycles. The van der Waals surface area contributed by atoms with Crippen LogP contribution in [-0.4, -0.2) is 34.7 Å². The van der Waals surface area contributed by atoms with Crippen LogP contribution >= 0.6 is 0 Å². The third-order valence-electron chi connectivity index (χ3n) is 5.11. The molecular formula is C23H20FN5O2. The van der Waals surface area contributed by atoms with Gasteiger partial charge in [-0.15, -0.1) is 0 Å². The molecule has 0 aliphatic carbocycles. The first-order chi connectivity index (χ1) is 15.1. The van der Waals surface area contributed by atoms with Gasteiger partial charge < -0.3 is 15.0 Å². The average molecular weight is 417 g/mol. The summed E-state index contributed by atoms with van der Waals surface area (Å²) in [4.78, 5) is 14.5. The summed E-state index contributed by atoms with van der Waals surface area (Å²) < 4.78 is 18.4. The summed E-state index contributed by atoms with van der Waals surface area (Å²) in [5.41, 5.74) is 4.11. The molecule has 0 saturated carbocycles. The topological polar surface area (TPSA) is 94.0 Å². The first-order valence-electron chi connectivity index (χ1n) is 9.71. The van der Waals surface area contributed by atoms with Crippen molar-refractivity contribution >= 4 is 11.6 Å². The van der Waals surface area contributed by atoms with Crippen molar-refractivity contribution < 1.29 is 13.9 Å². The Balaban J connectivity index is 1.51. The Morgan fingerprint density at radius 3 is 2.68 bits per heavy atom. The Hall–Kier alpha value is -4.12. The predicted molar refractivity (Wildman–Crippen MR) is 113 cm³/mol. The van der Waals surface area contributed by atoms with Crippen LogP contribution in [-0.2, 0) is 17.8 Å². The molecule has 0 bridgehead atoms. The first-order valence-corrected chi connectivity index (χ1v) is 9.71. The Labute approximate surface area is 178 Å². The lowest BCUT2D eigenvalue weighted by molar-refractivity contribution is -0.112. The molecule has 1 amide bonds. The van der Waals surface area contributed by atoms with Crippen molar-refractivity contribution in [2.75, 3.05) is 19.0 Å². The van der Waals surface area contributed by atoms with E-state index in [4.69, 9.17) is 4.74 Å². The normalized spacial score (nSPS) is 13.3. The molecule has 0 unspecified atom stereocenters. The van der Waals surface area contributed by atoms with Crippen molar-refractivity contribution in [1.82, 2.24) is 15.1 Å². The Morgan fingerprint density at radius 2 is 2.00 bits per heavy atom. The molecule has 2 N–H and O–H groups in total. The van der Waals surface area contributed by atoms with E-state index < -0.39 is 5.91 Å². The van der Waals surface area contributed by atoms with Crippen LogP contribution in [0.3, 0.4) is 0 Å². The van der Waals surface area contributed by atoms with Gasteiger partial charge in [-0.3, -0.25) is 9.89 Å². The smallest absolute Gasteiger partial charge is 0.267 e. The number of hydrogen-bond acceptors (Lipinski definition) is 5. The van der Waals surface area contributed by atoms with E-state index >= 15 is 0 Å². The molecule has 0 saturated heterocycles. The van der Waals surface area contributed by atoms with Gasteiger partial charge in [0.1, 0.15) is 23.2 Å². The summed E-state index contributed by atoms with van der Waals surface area (Å²) in [6.07, 6.45) is 2.27. The maximum Gasteiger partial charge on any atom is 0.267 e. The number of halogens is 1. The summed E-state index contributed by atoms with van der Waals surface area (Å²) >= 11 is 0. The van der Waals surface area contributed by atoms with Gasteiger partial charge in [0.05, 0.1) is 12.8 Å². The number of nitrogens with zero attached hydrogens (tertiary/aromatic N) is 3. The summed E-state index contributed by atoms with van der Waals surface area (Å²) in [6.45, 7) is 1.12. The first kappa shape index (κ1) is 20.2. The third kappa shape index (κ3) is 4.41. The Bertz CT molecular complexity index is 1160. The number of fused-ring (bicyclic) bond motifs is 1. The highest BCUT2D eigenvalue weighted by Gasteiger charge is 2.22. The number of aromatic nitrogens is 2. The quantitative estimate of drug-likeness (QED) is 0.488. The lowest BCUT2D eigenvalue weighted by Crippen LogP contribution is -2.27. The second kappa shape index (κ2) is 8.71. The SMILES string of the molecule is COc1ccc(NC(=O)/C(C#N)=C\N2CCc3[nH]nc(-c4ccc(F)cc4)c3C2)cc1. The van der Waals surface area contributed by atoms with E-state index in [9.17, 15) is 14.4 Å². The molecule has 2 heterocycles. The number of nitriles is 1. The minimum atomic E-state index is -0.482. The summed E-state index contributed by atoms with van der Waals surface area (Å²) in [6, 6.07) is 15.0. The predicted octanol–water partition coefficient (Wildman–Crippen LogP) is 3.63. The zero-order valence-electron chi connectivity index (χ0n) is 16.9. The second-order valence-corrected chi connectivity index (χ2v) is 7.09. The highest BCUT2D eigenvalue weighted by molar-refractivity contribution is 6.06. The monoisotopic (exact) mass is 417 g/mol. The van der Waals surface area contributed by atoms with Gasteiger partial charge in [-0.25, -0.2) is 4.39 Å². The molecule has 0 atom stereocenters. The van der Waals surface area contributed by atoms with Crippen molar-refractivity contribution in [3.05, 3.63) is 77.4 Å². The van der Waals surface area contributed by atoms with Crippen LogP contribution in [0.5, 0.6) is 5.75 Å². The van der Waals surface area contributed by atoms with E-state index in [0.29, 0.717) is 30.9 Å². The minimum Gasteiger partial charge on any atom is -0.497 e. The van der Waals surface area contributed by atoms with Crippen molar-refractivity contribution in [3.8, 4) is 23.1 Å². The van der Waals surface area contributed by atoms with E-state index in [2.05, 4.69) is 15.5 Å². The Kier molecular flexibility index (Phi) is 5.67. The van der Waals surface area contributed by atoms with Crippen molar-refractivity contribution in [2.45, 2.75) is 13.0 Å². The molecule has 0 spiro atoms. The van der Waals surface area contributed by atoms with Gasteiger partial charge in [0.15, 0.2) is 0 Å². The van der Waals surface area contributed by atoms with E-state index in [0.717, 1.165) is 22.5 Å². The number of aromatic amines is 1. The van der Waals surface area contributed by atoms with E-state index in [1.807, 2.05) is 11.0 Å². The van der Waals surface area contributed by atoms with Crippen molar-refractivity contribution in [2.24, 2.45) is 0 Å². The molecule has 0 fully saturated rings. The maximum atomic E-state index is 13.3. The Morgan fingerprint density at radius 1 is 1.26 bits per heavy atom. The van der Waals surface area contributed by atoms with Crippen molar-refractivity contribution in [3.63, 3.8) is 0 Å². The number of ether oxygens (including phenoxy) is 1. The molecule has 1 aliphatic rings. The minimum absolute atomic E-state index is 0.00564. The zero-order chi connectivity index (χ0) is 21.8. The summed E-state index contributed by atoms with van der Waals surface area (Å²) in [5, 5.41) is 19.7.